The molecule has 1 aliphatic carbocycles. The van der Waals surface area contributed by atoms with Gasteiger partial charge in [0, 0.05) is 50.5 Å². The molecule has 49 heavy (non-hydrogen) atoms. The molecule has 262 valence electrons. The Balaban J connectivity index is 1.13. The van der Waals surface area contributed by atoms with Crippen LogP contribution < -0.4 is 10.8 Å². The van der Waals surface area contributed by atoms with Gasteiger partial charge in [-0.05, 0) is 70.4 Å². The fourth-order valence-electron chi connectivity index (χ4n) is 8.53. The second kappa shape index (κ2) is 15.1. The zero-order valence-corrected chi connectivity index (χ0v) is 29.0. The van der Waals surface area contributed by atoms with Crippen LogP contribution in [0.2, 0.25) is 0 Å². The minimum absolute atomic E-state index is 0.0168. The highest BCUT2D eigenvalue weighted by Crippen LogP contribution is 2.53. The van der Waals surface area contributed by atoms with Gasteiger partial charge in [-0.3, -0.25) is 19.7 Å². The second-order valence-corrected chi connectivity index (χ2v) is 15.5. The largest absolute Gasteiger partial charge is 0.392 e. The van der Waals surface area contributed by atoms with Crippen molar-refractivity contribution in [2.75, 3.05) is 13.1 Å². The summed E-state index contributed by atoms with van der Waals surface area (Å²) in [5.74, 6) is -0.635. The van der Waals surface area contributed by atoms with Gasteiger partial charge in [-0.25, -0.2) is 5.48 Å². The van der Waals surface area contributed by atoms with Crippen molar-refractivity contribution in [3.8, 4) is 11.1 Å². The van der Waals surface area contributed by atoms with E-state index in [1.54, 1.807) is 5.48 Å². The molecule has 3 aliphatic rings. The predicted octanol–water partition coefficient (Wildman–Crippen LogP) is 6.58. The zero-order valence-electron chi connectivity index (χ0n) is 29.0. The summed E-state index contributed by atoms with van der Waals surface area (Å²) in [6, 6.07) is 25.1. The number of aliphatic hydroxyl groups is 1. The number of amides is 2. The fraction of sp³-hybridized carbons (Fsp3) is 0.500. The van der Waals surface area contributed by atoms with Gasteiger partial charge in [0.05, 0.1) is 18.8 Å². The topological polar surface area (TPSA) is 120 Å². The van der Waals surface area contributed by atoms with Gasteiger partial charge in [-0.15, -0.1) is 0 Å². The lowest BCUT2D eigenvalue weighted by molar-refractivity contribution is -0.253. The lowest BCUT2D eigenvalue weighted by atomic mass is 9.65. The Hall–Kier alpha value is -3.60. The van der Waals surface area contributed by atoms with Crippen LogP contribution in [0.5, 0.6) is 0 Å². The first-order valence-corrected chi connectivity index (χ1v) is 17.6. The molecule has 1 saturated carbocycles. The monoisotopic (exact) mass is 669 g/mol. The maximum absolute atomic E-state index is 12.2. The highest BCUT2D eigenvalue weighted by Gasteiger charge is 2.50. The summed E-state index contributed by atoms with van der Waals surface area (Å²) >= 11 is 0. The van der Waals surface area contributed by atoms with Crippen LogP contribution in [0.15, 0.2) is 72.8 Å². The molecule has 9 heteroatoms. The summed E-state index contributed by atoms with van der Waals surface area (Å²) in [5, 5.41) is 21.1. The molecule has 6 rings (SSSR count). The number of aliphatic hydroxyl groups excluding tert-OH is 1. The van der Waals surface area contributed by atoms with Crippen molar-refractivity contribution >= 4 is 11.8 Å². The average molecular weight is 670 g/mol. The summed E-state index contributed by atoms with van der Waals surface area (Å²) < 4.78 is 13.4. The van der Waals surface area contributed by atoms with Crippen molar-refractivity contribution in [1.29, 1.82) is 0 Å². The maximum atomic E-state index is 12.2. The van der Waals surface area contributed by atoms with Crippen molar-refractivity contribution in [2.45, 2.75) is 103 Å². The van der Waals surface area contributed by atoms with Crippen LogP contribution in [-0.4, -0.2) is 52.3 Å². The van der Waals surface area contributed by atoms with Gasteiger partial charge < -0.3 is 19.9 Å². The number of nitrogens with one attached hydrogen (secondary N) is 2. The molecule has 2 amide bonds. The Morgan fingerprint density at radius 3 is 2.35 bits per heavy atom. The predicted molar refractivity (Wildman–Crippen MR) is 187 cm³/mol. The maximum Gasteiger partial charge on any atom is 0.243 e. The molecule has 4 N–H and O–H groups in total. The number of hydrogen-bond donors (Lipinski definition) is 4. The van der Waals surface area contributed by atoms with Gasteiger partial charge >= 0.3 is 0 Å². The number of hydroxylamine groups is 1. The highest BCUT2D eigenvalue weighted by molar-refractivity contribution is 5.78. The molecular formula is C40H51N3O6. The number of benzene rings is 3. The van der Waals surface area contributed by atoms with Crippen LogP contribution >= 0.6 is 0 Å². The number of likely N-dealkylation sites (tertiary alicyclic amines) is 1. The standard InChI is InChI=1S/C40H51N3O6/c1-39(2)20-33-21-40(3,25-39)26-43(33)23-34-19-35(30-12-10-27(24-44)11-13-30)49-38(48-34)31-16-14-29(15-17-31)32-7-4-6-28(18-32)22-41-36(45)8-5-9-37(46)42-47/h4,6-7,10-18,33-35,38,44,47H,5,8-9,19-26H2,1-3H3,(H,41,45)(H,42,46)/t33?,34-,35+,38+,40?/m0/s1. The van der Waals surface area contributed by atoms with E-state index in [0.29, 0.717) is 29.8 Å². The first-order chi connectivity index (χ1) is 23.5. The third kappa shape index (κ3) is 8.96. The van der Waals surface area contributed by atoms with E-state index in [1.807, 2.05) is 24.3 Å². The van der Waals surface area contributed by atoms with E-state index in [2.05, 4.69) is 79.5 Å². The summed E-state index contributed by atoms with van der Waals surface area (Å²) in [5.41, 5.74) is 8.32. The third-order valence-corrected chi connectivity index (χ3v) is 10.4. The van der Waals surface area contributed by atoms with Gasteiger partial charge in [0.25, 0.3) is 0 Å². The van der Waals surface area contributed by atoms with E-state index in [1.165, 1.54) is 19.3 Å². The molecule has 2 saturated heterocycles. The van der Waals surface area contributed by atoms with Crippen molar-refractivity contribution in [2.24, 2.45) is 10.8 Å². The van der Waals surface area contributed by atoms with Crippen LogP contribution in [0.1, 0.15) is 100 Å². The fourth-order valence-corrected chi connectivity index (χ4v) is 8.53. The number of hydrogen-bond acceptors (Lipinski definition) is 7. The molecule has 3 aromatic carbocycles. The zero-order chi connectivity index (χ0) is 34.6. The van der Waals surface area contributed by atoms with Crippen molar-refractivity contribution in [1.82, 2.24) is 15.7 Å². The quantitative estimate of drug-likeness (QED) is 0.127. The Morgan fingerprint density at radius 1 is 0.878 bits per heavy atom. The summed E-state index contributed by atoms with van der Waals surface area (Å²) in [6.07, 6.45) is 4.60. The summed E-state index contributed by atoms with van der Waals surface area (Å²) in [6.45, 7) is 9.69. The number of rotatable bonds is 12. The lowest BCUT2D eigenvalue weighted by Gasteiger charge is -2.41. The minimum Gasteiger partial charge on any atom is -0.392 e. The number of fused-ring (bicyclic) bond motifs is 2. The Kier molecular flexibility index (Phi) is 10.9. The molecular weight excluding hydrogens is 618 g/mol. The normalized spacial score (nSPS) is 26.3. The SMILES string of the molecule is CC1(C)CC2CC(C)(CN2C[C@@H]2C[C@H](c3ccc(CO)cc3)O[C@H](c3ccc(-c4cccc(CNC(=O)CCCC(=O)NO)c4)cc3)O2)C1. The molecule has 3 aromatic rings. The number of ether oxygens (including phenoxy) is 2. The number of nitrogens with zero attached hydrogens (tertiary/aromatic N) is 1. The van der Waals surface area contributed by atoms with Crippen LogP contribution in [-0.2, 0) is 32.2 Å². The van der Waals surface area contributed by atoms with E-state index in [9.17, 15) is 14.7 Å². The van der Waals surface area contributed by atoms with Gasteiger partial charge in [0.15, 0.2) is 6.29 Å². The van der Waals surface area contributed by atoms with Crippen LogP contribution in [0.3, 0.4) is 0 Å². The smallest absolute Gasteiger partial charge is 0.243 e. The first-order valence-electron chi connectivity index (χ1n) is 17.6. The molecule has 0 radical (unpaired) electrons. The van der Waals surface area contributed by atoms with E-state index >= 15 is 0 Å². The summed E-state index contributed by atoms with van der Waals surface area (Å²) in [7, 11) is 0. The van der Waals surface area contributed by atoms with Crippen molar-refractivity contribution < 1.29 is 29.4 Å². The van der Waals surface area contributed by atoms with E-state index in [4.69, 9.17) is 14.7 Å². The molecule has 2 unspecified atom stereocenters. The Morgan fingerprint density at radius 2 is 1.61 bits per heavy atom. The van der Waals surface area contributed by atoms with Crippen LogP contribution in [0.4, 0.5) is 0 Å². The Labute approximate surface area is 290 Å². The number of carbonyl (C=O) groups excluding carboxylic acids is 2. The minimum atomic E-state index is -0.505. The number of carbonyl (C=O) groups is 2. The van der Waals surface area contributed by atoms with Gasteiger partial charge in [0.2, 0.25) is 11.8 Å². The molecule has 0 spiro atoms. The second-order valence-electron chi connectivity index (χ2n) is 15.5. The summed E-state index contributed by atoms with van der Waals surface area (Å²) in [4.78, 5) is 26.1. The van der Waals surface area contributed by atoms with Gasteiger partial charge in [0.1, 0.15) is 0 Å². The third-order valence-electron chi connectivity index (χ3n) is 10.4. The van der Waals surface area contributed by atoms with E-state index < -0.39 is 12.2 Å². The molecule has 3 fully saturated rings. The lowest BCUT2D eigenvalue weighted by Crippen LogP contribution is -2.42. The first kappa shape index (κ1) is 35.2. The van der Waals surface area contributed by atoms with Crippen LogP contribution in [0.25, 0.3) is 11.1 Å². The van der Waals surface area contributed by atoms with Gasteiger partial charge in [-0.1, -0.05) is 87.5 Å². The molecule has 0 aromatic heterocycles. The molecule has 2 aliphatic heterocycles. The van der Waals surface area contributed by atoms with Crippen molar-refractivity contribution in [3.05, 3.63) is 95.1 Å². The molecule has 9 nitrogen and oxygen atoms in total. The van der Waals surface area contributed by atoms with E-state index in [-0.39, 0.29) is 37.6 Å². The average Bonchev–Trinajstić information content (AvgIpc) is 3.34. The highest BCUT2D eigenvalue weighted by atomic mass is 16.7. The molecule has 2 heterocycles. The molecule has 2 bridgehead atoms. The van der Waals surface area contributed by atoms with Crippen molar-refractivity contribution in [3.63, 3.8) is 0 Å². The molecule has 5 atom stereocenters. The van der Waals surface area contributed by atoms with Gasteiger partial charge in [-0.2, -0.15) is 0 Å². The van der Waals surface area contributed by atoms with Crippen LogP contribution in [0, 0.1) is 10.8 Å². The Bertz CT molecular complexity index is 1590. The van der Waals surface area contributed by atoms with E-state index in [0.717, 1.165) is 52.9 Å².